The summed E-state index contributed by atoms with van der Waals surface area (Å²) in [5, 5.41) is 6.05. The molecule has 4 nitrogen and oxygen atoms in total. The number of carbonyl (C=O) groups excluding carboxylic acids is 1. The molecule has 0 aliphatic heterocycles. The molecule has 1 atom stereocenters. The minimum absolute atomic E-state index is 0.151. The van der Waals surface area contributed by atoms with Crippen LogP contribution in [-0.2, 0) is 9.53 Å². The largest absolute Gasteiger partial charge is 0.383 e. The molecule has 0 radical (unpaired) electrons. The molecule has 90 valence electrons. The van der Waals surface area contributed by atoms with Crippen molar-refractivity contribution < 1.29 is 9.53 Å². The summed E-state index contributed by atoms with van der Waals surface area (Å²) in [7, 11) is 1.68. The van der Waals surface area contributed by atoms with Crippen molar-refractivity contribution in [1.82, 2.24) is 10.6 Å². The highest BCUT2D eigenvalue weighted by Gasteiger charge is 2.05. The monoisotopic (exact) mass is 216 g/mol. The van der Waals surface area contributed by atoms with Crippen LogP contribution in [0.1, 0.15) is 26.7 Å². The lowest BCUT2D eigenvalue weighted by molar-refractivity contribution is -0.121. The van der Waals surface area contributed by atoms with E-state index in [1.807, 2.05) is 0 Å². The normalized spacial score (nSPS) is 12.5. The predicted molar refractivity (Wildman–Crippen MR) is 61.8 cm³/mol. The van der Waals surface area contributed by atoms with Crippen molar-refractivity contribution in [3.8, 4) is 0 Å². The van der Waals surface area contributed by atoms with Crippen LogP contribution < -0.4 is 10.6 Å². The Hall–Kier alpha value is -0.610. The number of methoxy groups -OCH3 is 1. The maximum absolute atomic E-state index is 11.3. The lowest BCUT2D eigenvalue weighted by Crippen LogP contribution is -2.33. The summed E-state index contributed by atoms with van der Waals surface area (Å²) >= 11 is 0. The Morgan fingerprint density at radius 1 is 1.33 bits per heavy atom. The van der Waals surface area contributed by atoms with Gasteiger partial charge >= 0.3 is 0 Å². The van der Waals surface area contributed by atoms with Gasteiger partial charge in [0.25, 0.3) is 0 Å². The van der Waals surface area contributed by atoms with E-state index in [9.17, 15) is 4.79 Å². The zero-order valence-electron chi connectivity index (χ0n) is 10.1. The fourth-order valence-electron chi connectivity index (χ4n) is 1.12. The molecule has 4 heteroatoms. The van der Waals surface area contributed by atoms with E-state index in [0.29, 0.717) is 25.5 Å². The highest BCUT2D eigenvalue weighted by atomic mass is 16.5. The number of hydrogen-bond donors (Lipinski definition) is 2. The standard InChI is InChI=1S/C11H24N2O2/c1-4-10(2)9-11(14)13-6-5-12-7-8-15-3/h10,12H,4-9H2,1-3H3,(H,13,14). The molecule has 2 N–H and O–H groups in total. The predicted octanol–water partition coefficient (Wildman–Crippen LogP) is 0.775. The second-order valence-corrected chi connectivity index (χ2v) is 3.81. The first-order chi connectivity index (χ1) is 7.20. The third-order valence-corrected chi connectivity index (χ3v) is 2.34. The fraction of sp³-hybridized carbons (Fsp3) is 0.909. The van der Waals surface area contributed by atoms with E-state index >= 15 is 0 Å². The van der Waals surface area contributed by atoms with E-state index in [1.54, 1.807) is 7.11 Å². The van der Waals surface area contributed by atoms with Crippen LogP contribution in [0.15, 0.2) is 0 Å². The Balaban J connectivity index is 3.24. The molecule has 0 aliphatic rings. The molecule has 0 bridgehead atoms. The van der Waals surface area contributed by atoms with Crippen LogP contribution >= 0.6 is 0 Å². The molecule has 0 saturated carbocycles. The number of hydrogen-bond acceptors (Lipinski definition) is 3. The first kappa shape index (κ1) is 14.4. The van der Waals surface area contributed by atoms with Crippen LogP contribution in [0.2, 0.25) is 0 Å². The van der Waals surface area contributed by atoms with Gasteiger partial charge in [0.05, 0.1) is 6.61 Å². The van der Waals surface area contributed by atoms with Gasteiger partial charge in [-0.05, 0) is 5.92 Å². The first-order valence-electron chi connectivity index (χ1n) is 5.67. The Kier molecular flexibility index (Phi) is 9.52. The number of amides is 1. The molecule has 1 unspecified atom stereocenters. The molecule has 0 saturated heterocycles. The molecule has 0 aromatic heterocycles. The van der Waals surface area contributed by atoms with E-state index < -0.39 is 0 Å². The number of carbonyl (C=O) groups is 1. The van der Waals surface area contributed by atoms with Crippen molar-refractivity contribution in [1.29, 1.82) is 0 Å². The van der Waals surface area contributed by atoms with Crippen molar-refractivity contribution in [3.05, 3.63) is 0 Å². The van der Waals surface area contributed by atoms with Crippen LogP contribution in [0.4, 0.5) is 0 Å². The Morgan fingerprint density at radius 3 is 2.67 bits per heavy atom. The molecule has 1 amide bonds. The molecule has 15 heavy (non-hydrogen) atoms. The molecule has 0 aromatic carbocycles. The quantitative estimate of drug-likeness (QED) is 0.560. The van der Waals surface area contributed by atoms with Crippen molar-refractivity contribution in [2.75, 3.05) is 33.4 Å². The fourth-order valence-corrected chi connectivity index (χ4v) is 1.12. The van der Waals surface area contributed by atoms with E-state index in [2.05, 4.69) is 24.5 Å². The lowest BCUT2D eigenvalue weighted by atomic mass is 10.1. The van der Waals surface area contributed by atoms with Gasteiger partial charge in [0, 0.05) is 33.2 Å². The van der Waals surface area contributed by atoms with Crippen LogP contribution in [0.5, 0.6) is 0 Å². The molecule has 0 aromatic rings. The molecule has 0 spiro atoms. The van der Waals surface area contributed by atoms with E-state index in [1.165, 1.54) is 0 Å². The average Bonchev–Trinajstić information content (AvgIpc) is 2.23. The van der Waals surface area contributed by atoms with Gasteiger partial charge in [0.2, 0.25) is 5.91 Å². The maximum atomic E-state index is 11.3. The van der Waals surface area contributed by atoms with Gasteiger partial charge in [0.1, 0.15) is 0 Å². The summed E-state index contributed by atoms with van der Waals surface area (Å²) in [5.41, 5.74) is 0. The first-order valence-corrected chi connectivity index (χ1v) is 5.67. The minimum atomic E-state index is 0.151. The van der Waals surface area contributed by atoms with Crippen molar-refractivity contribution in [3.63, 3.8) is 0 Å². The zero-order valence-corrected chi connectivity index (χ0v) is 10.1. The summed E-state index contributed by atoms with van der Waals surface area (Å²) in [6.45, 7) is 7.23. The number of nitrogens with one attached hydrogen (secondary N) is 2. The van der Waals surface area contributed by atoms with Gasteiger partial charge in [-0.15, -0.1) is 0 Å². The second kappa shape index (κ2) is 9.93. The van der Waals surface area contributed by atoms with E-state index in [4.69, 9.17) is 4.74 Å². The Morgan fingerprint density at radius 2 is 2.07 bits per heavy atom. The Bertz CT molecular complexity index is 163. The molecule has 0 fully saturated rings. The third-order valence-electron chi connectivity index (χ3n) is 2.34. The highest BCUT2D eigenvalue weighted by Crippen LogP contribution is 2.04. The minimum Gasteiger partial charge on any atom is -0.383 e. The van der Waals surface area contributed by atoms with E-state index in [-0.39, 0.29) is 5.91 Å². The van der Waals surface area contributed by atoms with Crippen LogP contribution in [0.3, 0.4) is 0 Å². The smallest absolute Gasteiger partial charge is 0.220 e. The van der Waals surface area contributed by atoms with Gasteiger partial charge in [-0.3, -0.25) is 4.79 Å². The van der Waals surface area contributed by atoms with Gasteiger partial charge < -0.3 is 15.4 Å². The van der Waals surface area contributed by atoms with Gasteiger partial charge in [0.15, 0.2) is 0 Å². The van der Waals surface area contributed by atoms with Crippen LogP contribution in [0, 0.1) is 5.92 Å². The summed E-state index contributed by atoms with van der Waals surface area (Å²) in [4.78, 5) is 11.3. The molecule has 0 heterocycles. The number of ether oxygens (including phenoxy) is 1. The van der Waals surface area contributed by atoms with Crippen molar-refractivity contribution in [2.24, 2.45) is 5.92 Å². The van der Waals surface area contributed by atoms with Gasteiger partial charge in [-0.2, -0.15) is 0 Å². The van der Waals surface area contributed by atoms with Crippen LogP contribution in [-0.4, -0.2) is 39.3 Å². The summed E-state index contributed by atoms with van der Waals surface area (Å²) in [5.74, 6) is 0.629. The number of rotatable bonds is 9. The zero-order chi connectivity index (χ0) is 11.5. The van der Waals surface area contributed by atoms with Crippen molar-refractivity contribution in [2.45, 2.75) is 26.7 Å². The SMILES string of the molecule is CCC(C)CC(=O)NCCNCCOC. The van der Waals surface area contributed by atoms with Gasteiger partial charge in [-0.1, -0.05) is 20.3 Å². The summed E-state index contributed by atoms with van der Waals surface area (Å²) in [6, 6.07) is 0. The second-order valence-electron chi connectivity index (χ2n) is 3.81. The van der Waals surface area contributed by atoms with Crippen molar-refractivity contribution >= 4 is 5.91 Å². The van der Waals surface area contributed by atoms with E-state index in [0.717, 1.165) is 19.5 Å². The Labute approximate surface area is 92.8 Å². The molecule has 0 aliphatic carbocycles. The maximum Gasteiger partial charge on any atom is 0.220 e. The third kappa shape index (κ3) is 9.69. The summed E-state index contributed by atoms with van der Waals surface area (Å²) < 4.78 is 4.89. The molecule has 0 rings (SSSR count). The lowest BCUT2D eigenvalue weighted by Gasteiger charge is -2.09. The van der Waals surface area contributed by atoms with Crippen LogP contribution in [0.25, 0.3) is 0 Å². The molecular weight excluding hydrogens is 192 g/mol. The summed E-state index contributed by atoms with van der Waals surface area (Å²) in [6.07, 6.45) is 1.69. The topological polar surface area (TPSA) is 50.4 Å². The average molecular weight is 216 g/mol. The molecular formula is C11H24N2O2. The highest BCUT2D eigenvalue weighted by molar-refractivity contribution is 5.76. The van der Waals surface area contributed by atoms with Gasteiger partial charge in [-0.25, -0.2) is 0 Å².